The Labute approximate surface area is 109 Å². The van der Waals surface area contributed by atoms with E-state index in [9.17, 15) is 4.39 Å². The van der Waals surface area contributed by atoms with Crippen LogP contribution >= 0.6 is 11.6 Å². The zero-order valence-corrected chi connectivity index (χ0v) is 10.3. The van der Waals surface area contributed by atoms with Crippen LogP contribution in [0.2, 0.25) is 5.02 Å². The second-order valence-electron chi connectivity index (χ2n) is 3.74. The van der Waals surface area contributed by atoms with Crippen LogP contribution in [0.3, 0.4) is 0 Å². The lowest BCUT2D eigenvalue weighted by atomic mass is 10.2. The van der Waals surface area contributed by atoms with Crippen molar-refractivity contribution in [2.24, 2.45) is 0 Å². The van der Waals surface area contributed by atoms with E-state index in [1.807, 2.05) is 6.07 Å². The lowest BCUT2D eigenvalue weighted by Crippen LogP contribution is -1.93. The molecule has 18 heavy (non-hydrogen) atoms. The third kappa shape index (κ3) is 2.44. The molecule has 0 atom stereocenters. The average Bonchev–Trinajstić information content (AvgIpc) is 2.37. The van der Waals surface area contributed by atoms with Crippen molar-refractivity contribution in [3.8, 4) is 17.6 Å². The quantitative estimate of drug-likeness (QED) is 0.800. The van der Waals surface area contributed by atoms with Gasteiger partial charge in [0.2, 0.25) is 0 Å². The minimum absolute atomic E-state index is 0.0915. The van der Waals surface area contributed by atoms with Gasteiger partial charge in [0.05, 0.1) is 5.56 Å². The summed E-state index contributed by atoms with van der Waals surface area (Å²) in [6, 6.07) is 11.4. The summed E-state index contributed by atoms with van der Waals surface area (Å²) in [5.74, 6) is -0.0587. The lowest BCUT2D eigenvalue weighted by molar-refractivity contribution is 0.439. The Morgan fingerprint density at radius 2 is 2.00 bits per heavy atom. The van der Waals surface area contributed by atoms with Gasteiger partial charge in [0.25, 0.3) is 0 Å². The molecule has 0 spiro atoms. The van der Waals surface area contributed by atoms with Gasteiger partial charge in [-0.3, -0.25) is 0 Å². The second-order valence-corrected chi connectivity index (χ2v) is 4.18. The van der Waals surface area contributed by atoms with Gasteiger partial charge in [-0.25, -0.2) is 4.39 Å². The van der Waals surface area contributed by atoms with Crippen LogP contribution in [-0.2, 0) is 0 Å². The topological polar surface area (TPSA) is 33.0 Å². The normalized spacial score (nSPS) is 9.89. The summed E-state index contributed by atoms with van der Waals surface area (Å²) in [7, 11) is 0. The molecular formula is C14H9ClFNO. The predicted molar refractivity (Wildman–Crippen MR) is 67.4 cm³/mol. The van der Waals surface area contributed by atoms with Crippen molar-refractivity contribution < 1.29 is 9.13 Å². The van der Waals surface area contributed by atoms with Crippen LogP contribution in [0.4, 0.5) is 4.39 Å². The molecular weight excluding hydrogens is 253 g/mol. The summed E-state index contributed by atoms with van der Waals surface area (Å²) < 4.78 is 19.2. The van der Waals surface area contributed by atoms with Crippen LogP contribution in [0, 0.1) is 24.1 Å². The molecule has 90 valence electrons. The predicted octanol–water partition coefficient (Wildman–Crippen LogP) is 4.45. The summed E-state index contributed by atoms with van der Waals surface area (Å²) in [6.45, 7) is 1.65. The van der Waals surface area contributed by atoms with E-state index in [4.69, 9.17) is 21.6 Å². The first-order chi connectivity index (χ1) is 8.61. The Hall–Kier alpha value is -2.05. The first-order valence-electron chi connectivity index (χ1n) is 5.24. The highest BCUT2D eigenvalue weighted by atomic mass is 35.5. The van der Waals surface area contributed by atoms with Crippen molar-refractivity contribution in [3.63, 3.8) is 0 Å². The second kappa shape index (κ2) is 5.07. The van der Waals surface area contributed by atoms with E-state index in [0.29, 0.717) is 10.6 Å². The third-order valence-corrected chi connectivity index (χ3v) is 2.67. The summed E-state index contributed by atoms with van der Waals surface area (Å²) in [5.41, 5.74) is 0.753. The van der Waals surface area contributed by atoms with Crippen LogP contribution in [0.25, 0.3) is 0 Å². The molecule has 2 rings (SSSR count). The molecule has 2 nitrogen and oxygen atoms in total. The Morgan fingerprint density at radius 1 is 1.22 bits per heavy atom. The van der Waals surface area contributed by atoms with E-state index >= 15 is 0 Å². The summed E-state index contributed by atoms with van der Waals surface area (Å²) in [5, 5.41) is 9.40. The first-order valence-corrected chi connectivity index (χ1v) is 5.62. The molecule has 0 aromatic heterocycles. The molecule has 0 aliphatic carbocycles. The number of hydrogen-bond acceptors (Lipinski definition) is 2. The Kier molecular flexibility index (Phi) is 3.50. The number of nitriles is 1. The fourth-order valence-electron chi connectivity index (χ4n) is 1.50. The Morgan fingerprint density at radius 3 is 2.72 bits per heavy atom. The van der Waals surface area contributed by atoms with Crippen LogP contribution in [0.1, 0.15) is 11.1 Å². The molecule has 0 unspecified atom stereocenters. The van der Waals surface area contributed by atoms with E-state index in [0.717, 1.165) is 0 Å². The van der Waals surface area contributed by atoms with Gasteiger partial charge in [0.15, 0.2) is 11.6 Å². The van der Waals surface area contributed by atoms with Gasteiger partial charge in [0.1, 0.15) is 11.8 Å². The number of ether oxygens (including phenoxy) is 1. The molecule has 0 aliphatic rings. The SMILES string of the molecule is Cc1cccc(Oc2ccc(Cl)cc2C#N)c1F. The zero-order chi connectivity index (χ0) is 13.1. The van der Waals surface area contributed by atoms with E-state index < -0.39 is 5.82 Å². The van der Waals surface area contributed by atoms with Crippen LogP contribution in [0.5, 0.6) is 11.5 Å². The molecule has 0 bridgehead atoms. The maximum absolute atomic E-state index is 13.8. The Bertz CT molecular complexity index is 634. The van der Waals surface area contributed by atoms with Gasteiger partial charge in [-0.2, -0.15) is 5.26 Å². The lowest BCUT2D eigenvalue weighted by Gasteiger charge is -2.09. The molecule has 0 fully saturated rings. The van der Waals surface area contributed by atoms with E-state index in [-0.39, 0.29) is 17.1 Å². The van der Waals surface area contributed by atoms with Gasteiger partial charge in [-0.15, -0.1) is 0 Å². The minimum Gasteiger partial charge on any atom is -0.453 e. The monoisotopic (exact) mass is 261 g/mol. The van der Waals surface area contributed by atoms with Crippen molar-refractivity contribution in [3.05, 3.63) is 58.4 Å². The van der Waals surface area contributed by atoms with Gasteiger partial charge >= 0.3 is 0 Å². The average molecular weight is 262 g/mol. The van der Waals surface area contributed by atoms with Crippen LogP contribution in [0.15, 0.2) is 36.4 Å². The highest BCUT2D eigenvalue weighted by molar-refractivity contribution is 6.30. The van der Waals surface area contributed by atoms with Crippen molar-refractivity contribution in [1.82, 2.24) is 0 Å². The minimum atomic E-state index is -0.434. The number of hydrogen-bond donors (Lipinski definition) is 0. The molecule has 0 heterocycles. The van der Waals surface area contributed by atoms with Crippen LogP contribution < -0.4 is 4.74 Å². The number of rotatable bonds is 2. The zero-order valence-electron chi connectivity index (χ0n) is 9.58. The van der Waals surface area contributed by atoms with Gasteiger partial charge in [-0.1, -0.05) is 23.7 Å². The summed E-state index contributed by atoms with van der Waals surface area (Å²) in [4.78, 5) is 0. The van der Waals surface area contributed by atoms with Gasteiger partial charge < -0.3 is 4.74 Å². The highest BCUT2D eigenvalue weighted by Gasteiger charge is 2.10. The van der Waals surface area contributed by atoms with Crippen LogP contribution in [-0.4, -0.2) is 0 Å². The van der Waals surface area contributed by atoms with Gasteiger partial charge in [0, 0.05) is 5.02 Å². The number of benzene rings is 2. The van der Waals surface area contributed by atoms with Crippen molar-refractivity contribution in [1.29, 1.82) is 5.26 Å². The maximum Gasteiger partial charge on any atom is 0.168 e. The molecule has 2 aromatic rings. The van der Waals surface area contributed by atoms with Crippen molar-refractivity contribution in [2.45, 2.75) is 6.92 Å². The molecule has 2 aromatic carbocycles. The molecule has 0 saturated carbocycles. The molecule has 0 amide bonds. The summed E-state index contributed by atoms with van der Waals surface area (Å²) in [6.07, 6.45) is 0. The van der Waals surface area contributed by atoms with Crippen molar-refractivity contribution >= 4 is 11.6 Å². The number of aryl methyl sites for hydroxylation is 1. The molecule has 0 radical (unpaired) electrons. The highest BCUT2D eigenvalue weighted by Crippen LogP contribution is 2.29. The van der Waals surface area contributed by atoms with Gasteiger partial charge in [-0.05, 0) is 36.8 Å². The third-order valence-electron chi connectivity index (χ3n) is 2.44. The number of halogens is 2. The van der Waals surface area contributed by atoms with Crippen molar-refractivity contribution in [2.75, 3.05) is 0 Å². The fraction of sp³-hybridized carbons (Fsp3) is 0.0714. The maximum atomic E-state index is 13.8. The summed E-state index contributed by atoms with van der Waals surface area (Å²) >= 11 is 5.77. The molecule has 0 N–H and O–H groups in total. The van der Waals surface area contributed by atoms with E-state index in [1.165, 1.54) is 12.1 Å². The molecule has 0 saturated heterocycles. The molecule has 0 aliphatic heterocycles. The first kappa shape index (κ1) is 12.4. The molecule has 4 heteroatoms. The smallest absolute Gasteiger partial charge is 0.168 e. The standard InChI is InChI=1S/C14H9ClFNO/c1-9-3-2-4-13(14(9)16)18-12-6-5-11(15)7-10(12)8-17/h2-7H,1H3. The Balaban J connectivity index is 2.41. The number of nitrogens with zero attached hydrogens (tertiary/aromatic N) is 1. The van der Waals surface area contributed by atoms with E-state index in [2.05, 4.69) is 0 Å². The van der Waals surface area contributed by atoms with E-state index in [1.54, 1.807) is 31.2 Å². The fourth-order valence-corrected chi connectivity index (χ4v) is 1.67. The largest absolute Gasteiger partial charge is 0.453 e.